The molecule has 26 heavy (non-hydrogen) atoms. The number of nitrogens with zero attached hydrogens (tertiary/aromatic N) is 1. The summed E-state index contributed by atoms with van der Waals surface area (Å²) in [5.74, 6) is -0.190. The number of anilines is 1. The molecule has 1 amide bonds. The zero-order chi connectivity index (χ0) is 19.5. The molecule has 1 aliphatic rings. The van der Waals surface area contributed by atoms with Crippen LogP contribution in [-0.2, 0) is 19.4 Å². The van der Waals surface area contributed by atoms with Gasteiger partial charge >= 0.3 is 0 Å². The zero-order valence-electron chi connectivity index (χ0n) is 15.1. The zero-order valence-corrected chi connectivity index (χ0v) is 16.0. The Morgan fingerprint density at radius 3 is 2.54 bits per heavy atom. The number of ether oxygens (including phenoxy) is 1. The van der Waals surface area contributed by atoms with E-state index in [1.165, 1.54) is 13.0 Å². The molecule has 0 saturated heterocycles. The van der Waals surface area contributed by atoms with Gasteiger partial charge in [-0.3, -0.25) is 14.9 Å². The van der Waals surface area contributed by atoms with Gasteiger partial charge in [-0.1, -0.05) is 13.8 Å². The SMILES string of the molecule is CCCOC(C)S(=O)(=O)c1ccc(NC(=O)C2(CC)CC2)cc1[N+](=O)[O-]. The lowest BCUT2D eigenvalue weighted by atomic mass is 10.0. The molecule has 1 aliphatic carbocycles. The van der Waals surface area contributed by atoms with E-state index in [2.05, 4.69) is 5.32 Å². The minimum Gasteiger partial charge on any atom is -0.362 e. The molecule has 0 aliphatic heterocycles. The van der Waals surface area contributed by atoms with E-state index in [-0.39, 0.29) is 18.2 Å². The lowest BCUT2D eigenvalue weighted by molar-refractivity contribution is -0.387. The van der Waals surface area contributed by atoms with E-state index in [0.29, 0.717) is 12.8 Å². The average Bonchev–Trinajstić information content (AvgIpc) is 3.40. The van der Waals surface area contributed by atoms with Crippen molar-refractivity contribution >= 4 is 27.1 Å². The Morgan fingerprint density at radius 2 is 2.04 bits per heavy atom. The lowest BCUT2D eigenvalue weighted by Crippen LogP contribution is -2.24. The van der Waals surface area contributed by atoms with E-state index < -0.39 is 36.2 Å². The molecule has 1 unspecified atom stereocenters. The van der Waals surface area contributed by atoms with Gasteiger partial charge in [0.1, 0.15) is 4.90 Å². The van der Waals surface area contributed by atoms with Crippen LogP contribution in [0.15, 0.2) is 23.1 Å². The highest BCUT2D eigenvalue weighted by Crippen LogP contribution is 2.49. The van der Waals surface area contributed by atoms with Crippen molar-refractivity contribution in [2.75, 3.05) is 11.9 Å². The fraction of sp³-hybridized carbons (Fsp3) is 0.588. The van der Waals surface area contributed by atoms with Gasteiger partial charge in [0.05, 0.1) is 4.92 Å². The summed E-state index contributed by atoms with van der Waals surface area (Å²) in [6.07, 6.45) is 2.90. The second-order valence-electron chi connectivity index (χ2n) is 6.51. The molecule has 0 aromatic heterocycles. The van der Waals surface area contributed by atoms with Crippen LogP contribution < -0.4 is 5.32 Å². The number of amides is 1. The van der Waals surface area contributed by atoms with Crippen molar-refractivity contribution in [2.24, 2.45) is 5.41 Å². The maximum atomic E-state index is 12.6. The highest BCUT2D eigenvalue weighted by atomic mass is 32.2. The topological polar surface area (TPSA) is 116 Å². The van der Waals surface area contributed by atoms with Crippen molar-refractivity contribution in [3.8, 4) is 0 Å². The van der Waals surface area contributed by atoms with Gasteiger partial charge < -0.3 is 10.1 Å². The van der Waals surface area contributed by atoms with Crippen LogP contribution in [0.4, 0.5) is 11.4 Å². The standard InChI is InChI=1S/C17H24N2O6S/c1-4-10-25-12(3)26(23,24)15-7-6-13(11-14(15)19(21)22)18-16(20)17(5-2)8-9-17/h6-7,11-12H,4-5,8-10H2,1-3H3,(H,18,20). The first-order valence-corrected chi connectivity index (χ1v) is 10.2. The fourth-order valence-electron chi connectivity index (χ4n) is 2.69. The minimum atomic E-state index is -4.03. The average molecular weight is 384 g/mol. The molecule has 1 atom stereocenters. The number of nitro groups is 1. The van der Waals surface area contributed by atoms with Crippen LogP contribution in [0.2, 0.25) is 0 Å². The Labute approximate surface area is 153 Å². The highest BCUT2D eigenvalue weighted by Gasteiger charge is 2.48. The predicted molar refractivity (Wildman–Crippen MR) is 96.6 cm³/mol. The Hall–Kier alpha value is -2.00. The van der Waals surface area contributed by atoms with Crippen molar-refractivity contribution in [1.82, 2.24) is 0 Å². The summed E-state index contributed by atoms with van der Waals surface area (Å²) in [6.45, 7) is 5.34. The number of carbonyl (C=O) groups excluding carboxylic acids is 1. The van der Waals surface area contributed by atoms with E-state index in [9.17, 15) is 23.3 Å². The van der Waals surface area contributed by atoms with Gasteiger partial charge in [0.2, 0.25) is 15.7 Å². The van der Waals surface area contributed by atoms with Crippen molar-refractivity contribution < 1.29 is 22.9 Å². The van der Waals surface area contributed by atoms with Crippen molar-refractivity contribution in [2.45, 2.75) is 56.8 Å². The quantitative estimate of drug-likeness (QED) is 0.516. The third kappa shape index (κ3) is 4.04. The maximum absolute atomic E-state index is 12.6. The summed E-state index contributed by atoms with van der Waals surface area (Å²) in [5, 5.41) is 14.1. The predicted octanol–water partition coefficient (Wildman–Crippen LogP) is 3.27. The van der Waals surface area contributed by atoms with Crippen molar-refractivity contribution in [3.63, 3.8) is 0 Å². The molecule has 1 N–H and O–H groups in total. The van der Waals surface area contributed by atoms with Crippen LogP contribution in [-0.4, -0.2) is 31.3 Å². The number of nitrogens with one attached hydrogen (secondary N) is 1. The molecule has 0 spiro atoms. The fourth-order valence-corrected chi connectivity index (χ4v) is 4.00. The normalized spacial score (nSPS) is 16.7. The van der Waals surface area contributed by atoms with Crippen LogP contribution in [0.3, 0.4) is 0 Å². The first-order chi connectivity index (χ1) is 12.2. The maximum Gasteiger partial charge on any atom is 0.290 e. The van der Waals surface area contributed by atoms with Crippen molar-refractivity contribution in [3.05, 3.63) is 28.3 Å². The lowest BCUT2D eigenvalue weighted by Gasteiger charge is -2.15. The third-order valence-corrected chi connectivity index (χ3v) is 6.69. The Morgan fingerprint density at radius 1 is 1.38 bits per heavy atom. The number of hydrogen-bond donors (Lipinski definition) is 1. The molecule has 8 nitrogen and oxygen atoms in total. The van der Waals surface area contributed by atoms with E-state index in [0.717, 1.165) is 25.0 Å². The van der Waals surface area contributed by atoms with Crippen LogP contribution in [0.25, 0.3) is 0 Å². The number of sulfone groups is 1. The van der Waals surface area contributed by atoms with Gasteiger partial charge in [0.25, 0.3) is 5.69 Å². The van der Waals surface area contributed by atoms with Gasteiger partial charge in [-0.05, 0) is 44.7 Å². The van der Waals surface area contributed by atoms with E-state index in [1.54, 1.807) is 0 Å². The summed E-state index contributed by atoms with van der Waals surface area (Å²) in [4.78, 5) is 22.5. The summed E-state index contributed by atoms with van der Waals surface area (Å²) < 4.78 is 30.4. The largest absolute Gasteiger partial charge is 0.362 e. The number of benzene rings is 1. The molecule has 1 aromatic rings. The number of carbonyl (C=O) groups is 1. The number of rotatable bonds is 9. The minimum absolute atomic E-state index is 0.190. The summed E-state index contributed by atoms with van der Waals surface area (Å²) in [5.41, 5.74) is -1.96. The smallest absolute Gasteiger partial charge is 0.290 e. The van der Waals surface area contributed by atoms with Gasteiger partial charge in [0.15, 0.2) is 5.44 Å². The van der Waals surface area contributed by atoms with Gasteiger partial charge in [-0.25, -0.2) is 8.42 Å². The molecular formula is C17H24N2O6S. The monoisotopic (exact) mass is 384 g/mol. The first kappa shape index (κ1) is 20.3. The Kier molecular flexibility index (Phi) is 6.02. The van der Waals surface area contributed by atoms with Crippen LogP contribution in [0.1, 0.15) is 46.5 Å². The molecule has 1 aromatic carbocycles. The molecule has 0 bridgehead atoms. The van der Waals surface area contributed by atoms with Crippen LogP contribution in [0.5, 0.6) is 0 Å². The van der Waals surface area contributed by atoms with Gasteiger partial charge in [-0.2, -0.15) is 0 Å². The molecule has 0 radical (unpaired) electrons. The molecular weight excluding hydrogens is 360 g/mol. The second-order valence-corrected chi connectivity index (χ2v) is 8.70. The molecule has 0 heterocycles. The van der Waals surface area contributed by atoms with E-state index >= 15 is 0 Å². The highest BCUT2D eigenvalue weighted by molar-refractivity contribution is 7.92. The Bertz CT molecular complexity index is 801. The molecule has 2 rings (SSSR count). The van der Waals surface area contributed by atoms with Crippen molar-refractivity contribution in [1.29, 1.82) is 0 Å². The Balaban J connectivity index is 2.32. The van der Waals surface area contributed by atoms with Crippen LogP contribution >= 0.6 is 0 Å². The third-order valence-electron chi connectivity index (χ3n) is 4.73. The first-order valence-electron chi connectivity index (χ1n) is 8.63. The van der Waals surface area contributed by atoms with E-state index in [1.807, 2.05) is 13.8 Å². The summed E-state index contributed by atoms with van der Waals surface area (Å²) >= 11 is 0. The number of nitro benzene ring substituents is 1. The summed E-state index contributed by atoms with van der Waals surface area (Å²) in [7, 11) is -4.03. The second kappa shape index (κ2) is 7.71. The number of hydrogen-bond acceptors (Lipinski definition) is 6. The molecule has 1 saturated carbocycles. The molecule has 144 valence electrons. The van der Waals surface area contributed by atoms with Gasteiger partial charge in [0, 0.05) is 23.8 Å². The summed E-state index contributed by atoms with van der Waals surface area (Å²) in [6, 6.07) is 3.61. The molecule has 1 fully saturated rings. The molecule has 9 heteroatoms. The van der Waals surface area contributed by atoms with E-state index in [4.69, 9.17) is 4.74 Å². The van der Waals surface area contributed by atoms with Gasteiger partial charge in [-0.15, -0.1) is 0 Å². The van der Waals surface area contributed by atoms with Crippen LogP contribution in [0, 0.1) is 15.5 Å².